The predicted octanol–water partition coefficient (Wildman–Crippen LogP) is 4.42. The number of halogens is 2. The Morgan fingerprint density at radius 1 is 0.862 bits per heavy atom. The molecule has 3 aromatic carbocycles. The zero-order valence-electron chi connectivity index (χ0n) is 15.0. The second-order valence-corrected chi connectivity index (χ2v) is 7.67. The summed E-state index contributed by atoms with van der Waals surface area (Å²) in [6.45, 7) is 0. The summed E-state index contributed by atoms with van der Waals surface area (Å²) in [7, 11) is -3.98. The van der Waals surface area contributed by atoms with Crippen molar-refractivity contribution in [3.63, 3.8) is 0 Å². The molecule has 0 aliphatic heterocycles. The van der Waals surface area contributed by atoms with Crippen molar-refractivity contribution in [2.75, 3.05) is 10.0 Å². The van der Waals surface area contributed by atoms with Crippen molar-refractivity contribution in [1.82, 2.24) is 0 Å². The summed E-state index contributed by atoms with van der Waals surface area (Å²) in [5.41, 5.74) is 0.876. The number of carbonyl (C=O) groups is 1. The van der Waals surface area contributed by atoms with Crippen molar-refractivity contribution < 1.29 is 22.0 Å². The maximum absolute atomic E-state index is 13.7. The highest BCUT2D eigenvalue weighted by Gasteiger charge is 2.16. The Hall–Kier alpha value is -3.52. The van der Waals surface area contributed by atoms with Crippen molar-refractivity contribution in [2.24, 2.45) is 0 Å². The summed E-state index contributed by atoms with van der Waals surface area (Å²) < 4.78 is 53.4. The summed E-state index contributed by atoms with van der Waals surface area (Å²) in [5.74, 6) is -1.49. The Bertz CT molecular complexity index is 1140. The highest BCUT2D eigenvalue weighted by Crippen LogP contribution is 2.20. The van der Waals surface area contributed by atoms with E-state index in [0.29, 0.717) is 11.3 Å². The van der Waals surface area contributed by atoms with Gasteiger partial charge in [-0.15, -0.1) is 0 Å². The molecule has 0 aliphatic rings. The van der Waals surface area contributed by atoms with Crippen molar-refractivity contribution >= 4 is 33.4 Å². The number of hydrogen-bond acceptors (Lipinski definition) is 3. The van der Waals surface area contributed by atoms with E-state index in [1.165, 1.54) is 78.9 Å². The summed E-state index contributed by atoms with van der Waals surface area (Å²) in [6, 6.07) is 16.5. The number of sulfonamides is 1. The van der Waals surface area contributed by atoms with Gasteiger partial charge in [-0.3, -0.25) is 9.52 Å². The molecule has 8 heteroatoms. The second kappa shape index (κ2) is 8.66. The molecular weight excluding hydrogens is 398 g/mol. The molecule has 2 N–H and O–H groups in total. The number of anilines is 2. The summed E-state index contributed by atoms with van der Waals surface area (Å²) in [4.78, 5) is 11.9. The highest BCUT2D eigenvalue weighted by atomic mass is 32.2. The lowest BCUT2D eigenvalue weighted by molar-refractivity contribution is -0.111. The van der Waals surface area contributed by atoms with E-state index in [1.54, 1.807) is 0 Å². The van der Waals surface area contributed by atoms with Gasteiger partial charge in [0.1, 0.15) is 11.6 Å². The largest absolute Gasteiger partial charge is 0.323 e. The smallest absolute Gasteiger partial charge is 0.261 e. The normalized spacial score (nSPS) is 11.4. The average Bonchev–Trinajstić information content (AvgIpc) is 2.70. The first-order valence-electron chi connectivity index (χ1n) is 8.45. The SMILES string of the molecule is O=C(/C=C/c1ccc(F)cc1)Nc1ccc(S(=O)(=O)Nc2ccccc2F)cc1. The monoisotopic (exact) mass is 414 g/mol. The van der Waals surface area contributed by atoms with E-state index in [0.717, 1.165) is 6.07 Å². The van der Waals surface area contributed by atoms with Crippen LogP contribution < -0.4 is 10.0 Å². The van der Waals surface area contributed by atoms with E-state index in [9.17, 15) is 22.0 Å². The third-order valence-corrected chi connectivity index (χ3v) is 5.23. The van der Waals surface area contributed by atoms with Gasteiger partial charge in [-0.25, -0.2) is 17.2 Å². The van der Waals surface area contributed by atoms with Gasteiger partial charge in [-0.1, -0.05) is 24.3 Å². The number of amides is 1. The van der Waals surface area contributed by atoms with Gasteiger partial charge in [0.15, 0.2) is 0 Å². The number of benzene rings is 3. The summed E-state index contributed by atoms with van der Waals surface area (Å²) >= 11 is 0. The molecule has 0 atom stereocenters. The average molecular weight is 414 g/mol. The van der Waals surface area contributed by atoms with E-state index in [1.807, 2.05) is 0 Å². The number of nitrogens with one attached hydrogen (secondary N) is 2. The van der Waals surface area contributed by atoms with Crippen LogP contribution in [0.15, 0.2) is 83.8 Å². The third-order valence-electron chi connectivity index (χ3n) is 3.85. The molecular formula is C21H16F2N2O3S. The van der Waals surface area contributed by atoms with Gasteiger partial charge < -0.3 is 5.32 Å². The van der Waals surface area contributed by atoms with Gasteiger partial charge in [0, 0.05) is 11.8 Å². The molecule has 148 valence electrons. The molecule has 0 saturated heterocycles. The van der Waals surface area contributed by atoms with E-state index >= 15 is 0 Å². The van der Waals surface area contributed by atoms with E-state index in [-0.39, 0.29) is 16.4 Å². The molecule has 0 unspecified atom stereocenters. The van der Waals surface area contributed by atoms with E-state index < -0.39 is 21.7 Å². The Morgan fingerprint density at radius 3 is 2.17 bits per heavy atom. The van der Waals surface area contributed by atoms with Crippen LogP contribution in [0.2, 0.25) is 0 Å². The molecule has 0 bridgehead atoms. The first-order chi connectivity index (χ1) is 13.8. The van der Waals surface area contributed by atoms with Crippen molar-refractivity contribution in [1.29, 1.82) is 0 Å². The summed E-state index contributed by atoms with van der Waals surface area (Å²) in [5, 5.41) is 2.59. The topological polar surface area (TPSA) is 75.3 Å². The zero-order chi connectivity index (χ0) is 20.9. The predicted molar refractivity (Wildman–Crippen MR) is 108 cm³/mol. The van der Waals surface area contributed by atoms with Gasteiger partial charge in [0.2, 0.25) is 5.91 Å². The maximum atomic E-state index is 13.7. The Labute approximate surface area is 166 Å². The van der Waals surface area contributed by atoms with Crippen molar-refractivity contribution in [2.45, 2.75) is 4.90 Å². The Kier molecular flexibility index (Phi) is 6.04. The van der Waals surface area contributed by atoms with Gasteiger partial charge >= 0.3 is 0 Å². The molecule has 0 aliphatic carbocycles. The minimum Gasteiger partial charge on any atom is -0.323 e. The van der Waals surface area contributed by atoms with Crippen LogP contribution in [0.25, 0.3) is 6.08 Å². The molecule has 0 spiro atoms. The molecule has 3 aromatic rings. The van der Waals surface area contributed by atoms with Crippen LogP contribution in [0.1, 0.15) is 5.56 Å². The molecule has 1 amide bonds. The summed E-state index contributed by atoms with van der Waals surface area (Å²) in [6.07, 6.45) is 2.80. The molecule has 0 fully saturated rings. The number of carbonyl (C=O) groups excluding carboxylic acids is 1. The van der Waals surface area contributed by atoms with Crippen LogP contribution in [-0.4, -0.2) is 14.3 Å². The maximum Gasteiger partial charge on any atom is 0.261 e. The van der Waals surface area contributed by atoms with Crippen LogP contribution in [0.3, 0.4) is 0 Å². The van der Waals surface area contributed by atoms with Crippen LogP contribution in [-0.2, 0) is 14.8 Å². The Morgan fingerprint density at radius 2 is 1.52 bits per heavy atom. The zero-order valence-corrected chi connectivity index (χ0v) is 15.8. The van der Waals surface area contributed by atoms with Crippen molar-refractivity contribution in [3.8, 4) is 0 Å². The van der Waals surface area contributed by atoms with E-state index in [4.69, 9.17) is 0 Å². The first-order valence-corrected chi connectivity index (χ1v) is 9.94. The molecule has 29 heavy (non-hydrogen) atoms. The second-order valence-electron chi connectivity index (χ2n) is 5.98. The minimum atomic E-state index is -3.98. The molecule has 0 heterocycles. The van der Waals surface area contributed by atoms with Crippen LogP contribution in [0.4, 0.5) is 20.2 Å². The van der Waals surface area contributed by atoms with Gasteiger partial charge in [-0.05, 0) is 60.2 Å². The quantitative estimate of drug-likeness (QED) is 0.587. The number of para-hydroxylation sites is 1. The number of hydrogen-bond donors (Lipinski definition) is 2. The van der Waals surface area contributed by atoms with Gasteiger partial charge in [-0.2, -0.15) is 0 Å². The lowest BCUT2D eigenvalue weighted by Gasteiger charge is -2.09. The van der Waals surface area contributed by atoms with Crippen molar-refractivity contribution in [3.05, 3.63) is 96.1 Å². The van der Waals surface area contributed by atoms with Gasteiger partial charge in [0.25, 0.3) is 10.0 Å². The highest BCUT2D eigenvalue weighted by molar-refractivity contribution is 7.92. The fourth-order valence-electron chi connectivity index (χ4n) is 2.39. The molecule has 0 aromatic heterocycles. The molecule has 0 radical (unpaired) electrons. The van der Waals surface area contributed by atoms with Gasteiger partial charge in [0.05, 0.1) is 10.6 Å². The lowest BCUT2D eigenvalue weighted by Crippen LogP contribution is -2.14. The lowest BCUT2D eigenvalue weighted by atomic mass is 10.2. The molecule has 5 nitrogen and oxygen atoms in total. The van der Waals surface area contributed by atoms with E-state index in [2.05, 4.69) is 10.0 Å². The Balaban J connectivity index is 1.65. The first kappa shape index (κ1) is 20.2. The fourth-order valence-corrected chi connectivity index (χ4v) is 3.46. The molecule has 3 rings (SSSR count). The van der Waals surface area contributed by atoms with Crippen LogP contribution >= 0.6 is 0 Å². The standard InChI is InChI=1S/C21H16F2N2O3S/c22-16-8-5-15(6-9-16)7-14-21(26)24-17-10-12-18(13-11-17)29(27,28)25-20-4-2-1-3-19(20)23/h1-14,25H,(H,24,26)/b14-7+. The fraction of sp³-hybridized carbons (Fsp3) is 0. The number of rotatable bonds is 6. The molecule has 0 saturated carbocycles. The third kappa shape index (κ3) is 5.49. The van der Waals surface area contributed by atoms with Crippen LogP contribution in [0, 0.1) is 11.6 Å². The minimum absolute atomic E-state index is 0.0828. The van der Waals surface area contributed by atoms with Crippen LogP contribution in [0.5, 0.6) is 0 Å².